The summed E-state index contributed by atoms with van der Waals surface area (Å²) >= 11 is 0. The van der Waals surface area contributed by atoms with Crippen LogP contribution in [-0.4, -0.2) is 29.8 Å². The van der Waals surface area contributed by atoms with Gasteiger partial charge in [-0.2, -0.15) is 0 Å². The molecule has 4 heteroatoms. The van der Waals surface area contributed by atoms with Crippen molar-refractivity contribution in [3.05, 3.63) is 71.8 Å². The van der Waals surface area contributed by atoms with Crippen molar-refractivity contribution in [2.24, 2.45) is 0 Å². The maximum Gasteiger partial charge on any atom is 0.246 e. The fraction of sp³-hybridized carbons (Fsp3) is 0.381. The normalized spacial score (nSPS) is 16.1. The average molecular weight is 339 g/mol. The Kier molecular flexibility index (Phi) is 5.84. The van der Waals surface area contributed by atoms with Gasteiger partial charge in [-0.25, -0.2) is 0 Å². The van der Waals surface area contributed by atoms with Gasteiger partial charge in [0.05, 0.1) is 5.60 Å². The molecule has 0 spiro atoms. The summed E-state index contributed by atoms with van der Waals surface area (Å²) in [5, 5.41) is 13.1. The highest BCUT2D eigenvalue weighted by molar-refractivity contribution is 5.77. The Morgan fingerprint density at radius 2 is 1.52 bits per heavy atom. The van der Waals surface area contributed by atoms with Crippen LogP contribution in [0.1, 0.15) is 42.9 Å². The predicted octanol–water partition coefficient (Wildman–Crippen LogP) is 3.21. The molecular weight excluding hydrogens is 314 g/mol. The van der Waals surface area contributed by atoms with Crippen molar-refractivity contribution in [3.63, 3.8) is 0 Å². The lowest BCUT2D eigenvalue weighted by atomic mass is 10.0. The zero-order valence-corrected chi connectivity index (χ0v) is 14.4. The molecule has 0 aliphatic heterocycles. The molecule has 3 rings (SSSR count). The average Bonchev–Trinajstić information content (AvgIpc) is 3.09. The first-order chi connectivity index (χ1) is 12.2. The number of rotatable bonds is 7. The number of amides is 1. The first-order valence-corrected chi connectivity index (χ1v) is 8.87. The monoisotopic (exact) mass is 339 g/mol. The number of aliphatic hydroxyl groups is 1. The highest BCUT2D eigenvalue weighted by atomic mass is 16.5. The lowest BCUT2D eigenvalue weighted by Crippen LogP contribution is -2.42. The highest BCUT2D eigenvalue weighted by Gasteiger charge is 2.31. The number of benzene rings is 2. The molecule has 0 heterocycles. The maximum atomic E-state index is 12.2. The molecule has 0 bridgehead atoms. The molecule has 2 aromatic carbocycles. The van der Waals surface area contributed by atoms with Crippen LogP contribution < -0.4 is 5.32 Å². The standard InChI is InChI=1S/C21H25NO3/c23-19(22-16-21(24)13-7-8-14-21)15-25-20(17-9-3-1-4-10-17)18-11-5-2-6-12-18/h1-6,9-12,20,24H,7-8,13-16H2,(H,22,23). The van der Waals surface area contributed by atoms with E-state index in [0.717, 1.165) is 36.8 Å². The van der Waals surface area contributed by atoms with Crippen molar-refractivity contribution in [2.75, 3.05) is 13.2 Å². The summed E-state index contributed by atoms with van der Waals surface area (Å²) in [6, 6.07) is 19.8. The molecule has 2 N–H and O–H groups in total. The summed E-state index contributed by atoms with van der Waals surface area (Å²) < 4.78 is 5.93. The summed E-state index contributed by atoms with van der Waals surface area (Å²) in [6.45, 7) is 0.265. The van der Waals surface area contributed by atoms with Gasteiger partial charge >= 0.3 is 0 Å². The molecule has 1 amide bonds. The maximum absolute atomic E-state index is 12.2. The summed E-state index contributed by atoms with van der Waals surface area (Å²) in [5.74, 6) is -0.197. The van der Waals surface area contributed by atoms with Gasteiger partial charge in [0.25, 0.3) is 0 Å². The van der Waals surface area contributed by atoms with E-state index in [2.05, 4.69) is 5.32 Å². The minimum Gasteiger partial charge on any atom is -0.388 e. The van der Waals surface area contributed by atoms with Gasteiger partial charge in [0.1, 0.15) is 12.7 Å². The van der Waals surface area contributed by atoms with E-state index < -0.39 is 5.60 Å². The van der Waals surface area contributed by atoms with Crippen LogP contribution in [0, 0.1) is 0 Å². The molecule has 1 fully saturated rings. The van der Waals surface area contributed by atoms with Crippen molar-refractivity contribution < 1.29 is 14.6 Å². The van der Waals surface area contributed by atoms with Crippen molar-refractivity contribution in [1.82, 2.24) is 5.32 Å². The van der Waals surface area contributed by atoms with Gasteiger partial charge < -0.3 is 15.2 Å². The van der Waals surface area contributed by atoms with E-state index in [1.54, 1.807) is 0 Å². The molecule has 0 atom stereocenters. The van der Waals surface area contributed by atoms with E-state index in [1.165, 1.54) is 0 Å². The number of hydrogen-bond donors (Lipinski definition) is 2. The quantitative estimate of drug-likeness (QED) is 0.814. The highest BCUT2D eigenvalue weighted by Crippen LogP contribution is 2.29. The predicted molar refractivity (Wildman–Crippen MR) is 97.1 cm³/mol. The lowest BCUT2D eigenvalue weighted by Gasteiger charge is -2.23. The van der Waals surface area contributed by atoms with E-state index >= 15 is 0 Å². The van der Waals surface area contributed by atoms with Gasteiger partial charge in [-0.15, -0.1) is 0 Å². The van der Waals surface area contributed by atoms with Crippen LogP contribution in [0.25, 0.3) is 0 Å². The fourth-order valence-corrected chi connectivity index (χ4v) is 3.32. The van der Waals surface area contributed by atoms with Gasteiger partial charge in [0.15, 0.2) is 0 Å². The number of hydrogen-bond acceptors (Lipinski definition) is 3. The van der Waals surface area contributed by atoms with Crippen LogP contribution in [0.15, 0.2) is 60.7 Å². The third-order valence-corrected chi connectivity index (χ3v) is 4.73. The molecule has 132 valence electrons. The Morgan fingerprint density at radius 1 is 1.00 bits per heavy atom. The molecule has 25 heavy (non-hydrogen) atoms. The molecule has 1 aliphatic rings. The second-order valence-electron chi connectivity index (χ2n) is 6.72. The fourth-order valence-electron chi connectivity index (χ4n) is 3.32. The summed E-state index contributed by atoms with van der Waals surface area (Å²) in [6.07, 6.45) is 3.26. The minimum absolute atomic E-state index is 0.0372. The lowest BCUT2D eigenvalue weighted by molar-refractivity contribution is -0.128. The van der Waals surface area contributed by atoms with E-state index in [-0.39, 0.29) is 18.6 Å². The van der Waals surface area contributed by atoms with Crippen molar-refractivity contribution in [2.45, 2.75) is 37.4 Å². The Bertz CT molecular complexity index is 627. The number of carbonyl (C=O) groups is 1. The third-order valence-electron chi connectivity index (χ3n) is 4.73. The third kappa shape index (κ3) is 4.91. The molecule has 0 radical (unpaired) electrons. The molecule has 0 saturated heterocycles. The molecule has 1 saturated carbocycles. The minimum atomic E-state index is -0.742. The SMILES string of the molecule is O=C(COC(c1ccccc1)c1ccccc1)NCC1(O)CCCC1. The number of carbonyl (C=O) groups excluding carboxylic acids is 1. The molecular formula is C21H25NO3. The number of nitrogens with one attached hydrogen (secondary N) is 1. The van der Waals surface area contributed by atoms with E-state index in [1.807, 2.05) is 60.7 Å². The van der Waals surface area contributed by atoms with E-state index in [0.29, 0.717) is 6.54 Å². The van der Waals surface area contributed by atoms with Gasteiger partial charge in [-0.3, -0.25) is 4.79 Å². The number of ether oxygens (including phenoxy) is 1. The molecule has 0 unspecified atom stereocenters. The second-order valence-corrected chi connectivity index (χ2v) is 6.72. The molecule has 1 aliphatic carbocycles. The van der Waals surface area contributed by atoms with Crippen LogP contribution in [0.4, 0.5) is 0 Å². The van der Waals surface area contributed by atoms with Crippen LogP contribution in [0.3, 0.4) is 0 Å². The zero-order valence-electron chi connectivity index (χ0n) is 14.4. The Balaban J connectivity index is 1.60. The Labute approximate surface area is 148 Å². The van der Waals surface area contributed by atoms with Gasteiger partial charge in [0.2, 0.25) is 5.91 Å². The van der Waals surface area contributed by atoms with Crippen molar-refractivity contribution >= 4 is 5.91 Å². The molecule has 0 aromatic heterocycles. The largest absolute Gasteiger partial charge is 0.388 e. The van der Waals surface area contributed by atoms with Gasteiger partial charge in [-0.1, -0.05) is 73.5 Å². The van der Waals surface area contributed by atoms with E-state index in [4.69, 9.17) is 4.74 Å². The zero-order chi connectivity index (χ0) is 17.5. The van der Waals surface area contributed by atoms with Crippen LogP contribution in [0.2, 0.25) is 0 Å². The molecule has 4 nitrogen and oxygen atoms in total. The van der Waals surface area contributed by atoms with Crippen LogP contribution in [-0.2, 0) is 9.53 Å². The van der Waals surface area contributed by atoms with Crippen LogP contribution in [0.5, 0.6) is 0 Å². The topological polar surface area (TPSA) is 58.6 Å². The van der Waals surface area contributed by atoms with Crippen molar-refractivity contribution in [1.29, 1.82) is 0 Å². The van der Waals surface area contributed by atoms with Crippen LogP contribution >= 0.6 is 0 Å². The summed E-state index contributed by atoms with van der Waals surface area (Å²) in [5.41, 5.74) is 1.28. The van der Waals surface area contributed by atoms with Gasteiger partial charge in [0, 0.05) is 6.54 Å². The Morgan fingerprint density at radius 3 is 2.04 bits per heavy atom. The summed E-state index contributed by atoms with van der Waals surface area (Å²) in [7, 11) is 0. The Hall–Kier alpha value is -2.17. The van der Waals surface area contributed by atoms with Gasteiger partial charge in [-0.05, 0) is 24.0 Å². The first kappa shape index (κ1) is 17.6. The smallest absolute Gasteiger partial charge is 0.246 e. The first-order valence-electron chi connectivity index (χ1n) is 8.87. The second kappa shape index (κ2) is 8.28. The van der Waals surface area contributed by atoms with E-state index in [9.17, 15) is 9.90 Å². The summed E-state index contributed by atoms with van der Waals surface area (Å²) in [4.78, 5) is 12.2. The van der Waals surface area contributed by atoms with Crippen molar-refractivity contribution in [3.8, 4) is 0 Å². The molecule has 2 aromatic rings.